The third-order valence-corrected chi connectivity index (χ3v) is 4.64. The Kier molecular flexibility index (Phi) is 3.74. The molecular weight excluding hydrogens is 264 g/mol. The zero-order chi connectivity index (χ0) is 14.1. The van der Waals surface area contributed by atoms with Gasteiger partial charge in [0.25, 0.3) is 0 Å². The number of likely N-dealkylation sites (tertiary alicyclic amines) is 1. The summed E-state index contributed by atoms with van der Waals surface area (Å²) < 4.78 is 11.2. The van der Waals surface area contributed by atoms with Gasteiger partial charge in [-0.15, -0.1) is 0 Å². The molecule has 21 heavy (non-hydrogen) atoms. The molecule has 1 saturated carbocycles. The Bertz CT molecular complexity index is 502. The molecular formula is C17H24N2O2. The van der Waals surface area contributed by atoms with Crippen LogP contribution in [0.4, 0.5) is 0 Å². The first kappa shape index (κ1) is 13.4. The predicted octanol–water partition coefficient (Wildman–Crippen LogP) is 1.83. The van der Waals surface area contributed by atoms with Crippen LogP contribution in [-0.2, 0) is 6.42 Å². The summed E-state index contributed by atoms with van der Waals surface area (Å²) in [5.41, 5.74) is 1.35. The fourth-order valence-electron chi connectivity index (χ4n) is 3.29. The number of rotatable bonds is 5. The topological polar surface area (TPSA) is 33.7 Å². The summed E-state index contributed by atoms with van der Waals surface area (Å²) in [5, 5.41) is 3.74. The normalized spacial score (nSPS) is 25.2. The van der Waals surface area contributed by atoms with E-state index in [0.29, 0.717) is 13.2 Å². The Hall–Kier alpha value is -1.26. The van der Waals surface area contributed by atoms with Gasteiger partial charge in [0.2, 0.25) is 0 Å². The number of fused-ring (bicyclic) bond motifs is 1. The van der Waals surface area contributed by atoms with Crippen molar-refractivity contribution in [2.24, 2.45) is 0 Å². The van der Waals surface area contributed by atoms with Crippen LogP contribution in [0.2, 0.25) is 0 Å². The van der Waals surface area contributed by atoms with Crippen molar-refractivity contribution in [3.8, 4) is 11.5 Å². The minimum Gasteiger partial charge on any atom is -0.486 e. The molecule has 1 atom stereocenters. The van der Waals surface area contributed by atoms with Crippen molar-refractivity contribution in [3.05, 3.63) is 23.8 Å². The van der Waals surface area contributed by atoms with Gasteiger partial charge >= 0.3 is 0 Å². The lowest BCUT2D eigenvalue weighted by Crippen LogP contribution is -2.34. The molecule has 2 heterocycles. The second-order valence-electron chi connectivity index (χ2n) is 6.46. The van der Waals surface area contributed by atoms with Crippen LogP contribution in [0.1, 0.15) is 24.8 Å². The monoisotopic (exact) mass is 288 g/mol. The van der Waals surface area contributed by atoms with Gasteiger partial charge in [-0.2, -0.15) is 0 Å². The highest BCUT2D eigenvalue weighted by Crippen LogP contribution is 2.31. The van der Waals surface area contributed by atoms with Crippen LogP contribution in [0.5, 0.6) is 11.5 Å². The summed E-state index contributed by atoms with van der Waals surface area (Å²) in [6, 6.07) is 7.91. The Balaban J connectivity index is 1.28. The van der Waals surface area contributed by atoms with Crippen LogP contribution in [0.25, 0.3) is 0 Å². The largest absolute Gasteiger partial charge is 0.486 e. The Morgan fingerprint density at radius 3 is 2.76 bits per heavy atom. The minimum absolute atomic E-state index is 0.662. The van der Waals surface area contributed by atoms with E-state index in [1.54, 1.807) is 0 Å². The lowest BCUT2D eigenvalue weighted by Gasteiger charge is -2.20. The molecule has 1 saturated heterocycles. The third kappa shape index (κ3) is 3.33. The first-order valence-electron chi connectivity index (χ1n) is 8.24. The molecule has 0 radical (unpaired) electrons. The van der Waals surface area contributed by atoms with Crippen LogP contribution in [0.3, 0.4) is 0 Å². The maximum atomic E-state index is 5.66. The summed E-state index contributed by atoms with van der Waals surface area (Å²) in [5.74, 6) is 1.80. The highest BCUT2D eigenvalue weighted by atomic mass is 16.6. The van der Waals surface area contributed by atoms with E-state index >= 15 is 0 Å². The van der Waals surface area contributed by atoms with E-state index in [4.69, 9.17) is 9.47 Å². The quantitative estimate of drug-likeness (QED) is 0.896. The van der Waals surface area contributed by atoms with Crippen molar-refractivity contribution in [1.29, 1.82) is 0 Å². The molecule has 4 nitrogen and oxygen atoms in total. The van der Waals surface area contributed by atoms with E-state index in [-0.39, 0.29) is 0 Å². The molecule has 4 heteroatoms. The second-order valence-corrected chi connectivity index (χ2v) is 6.46. The van der Waals surface area contributed by atoms with Crippen molar-refractivity contribution in [2.75, 3.05) is 32.8 Å². The smallest absolute Gasteiger partial charge is 0.161 e. The minimum atomic E-state index is 0.662. The SMILES string of the molecule is c1cc2c(cc1CCN1CCC(NC3CC3)C1)OCCO2. The molecule has 1 aromatic carbocycles. The zero-order valence-corrected chi connectivity index (χ0v) is 12.5. The van der Waals surface area contributed by atoms with Gasteiger partial charge in [-0.25, -0.2) is 0 Å². The zero-order valence-electron chi connectivity index (χ0n) is 12.5. The van der Waals surface area contributed by atoms with Gasteiger partial charge in [-0.1, -0.05) is 6.07 Å². The van der Waals surface area contributed by atoms with Crippen molar-refractivity contribution in [3.63, 3.8) is 0 Å². The van der Waals surface area contributed by atoms with Crippen LogP contribution >= 0.6 is 0 Å². The fourth-order valence-corrected chi connectivity index (χ4v) is 3.29. The molecule has 1 N–H and O–H groups in total. The average molecular weight is 288 g/mol. The van der Waals surface area contributed by atoms with Gasteiger partial charge in [0.15, 0.2) is 11.5 Å². The number of hydrogen-bond donors (Lipinski definition) is 1. The molecule has 3 aliphatic rings. The van der Waals surface area contributed by atoms with E-state index in [2.05, 4.69) is 22.3 Å². The van der Waals surface area contributed by atoms with Crippen LogP contribution in [0.15, 0.2) is 18.2 Å². The number of hydrogen-bond acceptors (Lipinski definition) is 4. The standard InChI is InChI=1S/C17H24N2O2/c1-4-16-17(21-10-9-20-16)11-13(1)5-7-19-8-6-15(12-19)18-14-2-3-14/h1,4,11,14-15,18H,2-3,5-10,12H2. The van der Waals surface area contributed by atoms with Gasteiger partial charge in [0.1, 0.15) is 13.2 Å². The maximum absolute atomic E-state index is 5.66. The van der Waals surface area contributed by atoms with E-state index in [1.807, 2.05) is 6.07 Å². The van der Waals surface area contributed by atoms with Crippen molar-refractivity contribution >= 4 is 0 Å². The first-order chi connectivity index (χ1) is 10.4. The number of nitrogens with zero attached hydrogens (tertiary/aromatic N) is 1. The summed E-state index contributed by atoms with van der Waals surface area (Å²) in [4.78, 5) is 2.58. The van der Waals surface area contributed by atoms with Gasteiger partial charge in [-0.3, -0.25) is 0 Å². The predicted molar refractivity (Wildman–Crippen MR) is 82.1 cm³/mol. The summed E-state index contributed by atoms with van der Waals surface area (Å²) in [6.45, 7) is 4.91. The second kappa shape index (κ2) is 5.85. The van der Waals surface area contributed by atoms with E-state index in [0.717, 1.165) is 36.5 Å². The summed E-state index contributed by atoms with van der Waals surface area (Å²) >= 11 is 0. The third-order valence-electron chi connectivity index (χ3n) is 4.64. The lowest BCUT2D eigenvalue weighted by atomic mass is 10.1. The van der Waals surface area contributed by atoms with Gasteiger partial charge in [0, 0.05) is 25.2 Å². The average Bonchev–Trinajstić information content (AvgIpc) is 3.22. The summed E-state index contributed by atoms with van der Waals surface area (Å²) in [7, 11) is 0. The van der Waals surface area contributed by atoms with Crippen molar-refractivity contribution in [1.82, 2.24) is 10.2 Å². The Morgan fingerprint density at radius 2 is 1.90 bits per heavy atom. The van der Waals surface area contributed by atoms with Crippen LogP contribution in [-0.4, -0.2) is 49.8 Å². The Labute approximate surface area is 126 Å². The number of benzene rings is 1. The van der Waals surface area contributed by atoms with Crippen molar-refractivity contribution < 1.29 is 9.47 Å². The van der Waals surface area contributed by atoms with Gasteiger partial charge in [-0.05, 0) is 49.9 Å². The number of ether oxygens (including phenoxy) is 2. The fraction of sp³-hybridized carbons (Fsp3) is 0.647. The van der Waals surface area contributed by atoms with E-state index < -0.39 is 0 Å². The number of nitrogens with one attached hydrogen (secondary N) is 1. The summed E-state index contributed by atoms with van der Waals surface area (Å²) in [6.07, 6.45) is 5.16. The van der Waals surface area contributed by atoms with E-state index in [1.165, 1.54) is 37.9 Å². The van der Waals surface area contributed by atoms with Crippen molar-refractivity contribution in [2.45, 2.75) is 37.8 Å². The molecule has 2 fully saturated rings. The molecule has 114 valence electrons. The van der Waals surface area contributed by atoms with Crippen LogP contribution < -0.4 is 14.8 Å². The first-order valence-corrected chi connectivity index (χ1v) is 8.24. The van der Waals surface area contributed by atoms with E-state index in [9.17, 15) is 0 Å². The molecule has 0 spiro atoms. The molecule has 0 bridgehead atoms. The molecule has 1 unspecified atom stereocenters. The molecule has 4 rings (SSSR count). The highest BCUT2D eigenvalue weighted by Gasteiger charge is 2.28. The molecule has 1 aromatic rings. The van der Waals surface area contributed by atoms with Gasteiger partial charge < -0.3 is 19.7 Å². The maximum Gasteiger partial charge on any atom is 0.161 e. The molecule has 0 aromatic heterocycles. The highest BCUT2D eigenvalue weighted by molar-refractivity contribution is 5.43. The van der Waals surface area contributed by atoms with Gasteiger partial charge in [0.05, 0.1) is 0 Å². The molecule has 0 amide bonds. The van der Waals surface area contributed by atoms with Crippen LogP contribution in [0, 0.1) is 0 Å². The lowest BCUT2D eigenvalue weighted by molar-refractivity contribution is 0.171. The molecule has 1 aliphatic carbocycles. The molecule has 2 aliphatic heterocycles. The Morgan fingerprint density at radius 1 is 1.05 bits per heavy atom.